The van der Waals surface area contributed by atoms with Crippen molar-refractivity contribution in [3.05, 3.63) is 17.0 Å². The summed E-state index contributed by atoms with van der Waals surface area (Å²) in [7, 11) is 0. The van der Waals surface area contributed by atoms with Gasteiger partial charge in [-0.3, -0.25) is 4.79 Å². The second kappa shape index (κ2) is 6.43. The zero-order valence-corrected chi connectivity index (χ0v) is 12.2. The van der Waals surface area contributed by atoms with E-state index in [2.05, 4.69) is 5.16 Å². The molecule has 1 aliphatic carbocycles. The number of carbonyl (C=O) groups excluding carboxylic acids is 1. The van der Waals surface area contributed by atoms with Crippen molar-refractivity contribution in [2.24, 2.45) is 0 Å². The fourth-order valence-corrected chi connectivity index (χ4v) is 3.09. The molecule has 0 atom stereocenters. The van der Waals surface area contributed by atoms with E-state index in [9.17, 15) is 4.79 Å². The Balaban J connectivity index is 1.80. The summed E-state index contributed by atoms with van der Waals surface area (Å²) in [4.78, 5) is 13.9. The van der Waals surface area contributed by atoms with Gasteiger partial charge < -0.3 is 14.5 Å². The van der Waals surface area contributed by atoms with E-state index in [1.54, 1.807) is 16.7 Å². The number of hydrogen-bond acceptors (Lipinski definition) is 5. The van der Waals surface area contributed by atoms with Gasteiger partial charge >= 0.3 is 0 Å². The van der Waals surface area contributed by atoms with Gasteiger partial charge in [0.1, 0.15) is 5.76 Å². The highest BCUT2D eigenvalue weighted by atomic mass is 32.2. The lowest BCUT2D eigenvalue weighted by atomic mass is 10.2. The number of nitrogens with zero attached hydrogens (tertiary/aromatic N) is 2. The molecule has 0 saturated heterocycles. The molecule has 1 amide bonds. The Morgan fingerprint density at radius 1 is 1.53 bits per heavy atom. The summed E-state index contributed by atoms with van der Waals surface area (Å²) in [6, 6.07) is 0.360. The largest absolute Gasteiger partial charge is 0.395 e. The molecule has 1 N–H and O–H groups in total. The second-order valence-electron chi connectivity index (χ2n) is 4.84. The molecule has 2 rings (SSSR count). The molecule has 0 bridgehead atoms. The van der Waals surface area contributed by atoms with E-state index in [1.807, 2.05) is 13.8 Å². The Hall–Kier alpha value is -1.01. The van der Waals surface area contributed by atoms with Gasteiger partial charge in [-0.15, -0.1) is 11.8 Å². The molecule has 19 heavy (non-hydrogen) atoms. The van der Waals surface area contributed by atoms with Crippen LogP contribution in [0.15, 0.2) is 4.52 Å². The van der Waals surface area contributed by atoms with Gasteiger partial charge in [0.15, 0.2) is 0 Å². The van der Waals surface area contributed by atoms with Crippen LogP contribution in [0.5, 0.6) is 0 Å². The van der Waals surface area contributed by atoms with Crippen LogP contribution in [0.4, 0.5) is 0 Å². The smallest absolute Gasteiger partial charge is 0.232 e. The topological polar surface area (TPSA) is 66.6 Å². The second-order valence-corrected chi connectivity index (χ2v) is 5.82. The molecule has 5 nitrogen and oxygen atoms in total. The average Bonchev–Trinajstić information content (AvgIpc) is 3.17. The molecule has 1 aromatic rings. The number of carbonyl (C=O) groups is 1. The predicted molar refractivity (Wildman–Crippen MR) is 74.0 cm³/mol. The number of aliphatic hydroxyl groups is 1. The van der Waals surface area contributed by atoms with E-state index in [1.165, 1.54) is 0 Å². The van der Waals surface area contributed by atoms with Crippen molar-refractivity contribution in [3.63, 3.8) is 0 Å². The third kappa shape index (κ3) is 3.73. The minimum Gasteiger partial charge on any atom is -0.395 e. The van der Waals surface area contributed by atoms with Crippen molar-refractivity contribution in [3.8, 4) is 0 Å². The van der Waals surface area contributed by atoms with Crippen molar-refractivity contribution in [1.82, 2.24) is 10.1 Å². The summed E-state index contributed by atoms with van der Waals surface area (Å²) in [5, 5.41) is 12.9. The molecule has 0 unspecified atom stereocenters. The van der Waals surface area contributed by atoms with E-state index in [-0.39, 0.29) is 12.5 Å². The fourth-order valence-electron chi connectivity index (χ4n) is 2.04. The zero-order chi connectivity index (χ0) is 13.8. The maximum Gasteiger partial charge on any atom is 0.232 e. The highest BCUT2D eigenvalue weighted by molar-refractivity contribution is 7.99. The van der Waals surface area contributed by atoms with E-state index >= 15 is 0 Å². The van der Waals surface area contributed by atoms with E-state index in [0.29, 0.717) is 18.3 Å². The van der Waals surface area contributed by atoms with Crippen molar-refractivity contribution in [2.45, 2.75) is 38.5 Å². The number of rotatable bonds is 7. The molecular formula is C13H20N2O3S. The summed E-state index contributed by atoms with van der Waals surface area (Å²) >= 11 is 1.57. The lowest BCUT2D eigenvalue weighted by Crippen LogP contribution is -2.36. The van der Waals surface area contributed by atoms with Crippen LogP contribution in [-0.4, -0.2) is 46.0 Å². The number of aryl methyl sites for hydroxylation is 2. The molecule has 6 heteroatoms. The summed E-state index contributed by atoms with van der Waals surface area (Å²) in [6.07, 6.45) is 2.14. The SMILES string of the molecule is Cc1noc(C)c1CSCC(=O)N(CCO)C1CC1. The molecule has 1 fully saturated rings. The standard InChI is InChI=1S/C13H20N2O3S/c1-9-12(10(2)18-14-9)7-19-8-13(17)15(5-6-16)11-3-4-11/h11,16H,3-8H2,1-2H3. The first-order valence-corrected chi connectivity index (χ1v) is 7.68. The Morgan fingerprint density at radius 3 is 2.79 bits per heavy atom. The number of aromatic nitrogens is 1. The number of hydrogen-bond donors (Lipinski definition) is 1. The highest BCUT2D eigenvalue weighted by Gasteiger charge is 2.31. The molecule has 0 radical (unpaired) electrons. The third-order valence-electron chi connectivity index (χ3n) is 3.30. The molecule has 0 spiro atoms. The number of amides is 1. The van der Waals surface area contributed by atoms with Crippen molar-refractivity contribution >= 4 is 17.7 Å². The van der Waals surface area contributed by atoms with Gasteiger partial charge in [0.2, 0.25) is 5.91 Å². The monoisotopic (exact) mass is 284 g/mol. The first-order chi connectivity index (χ1) is 9.13. The number of thioether (sulfide) groups is 1. The van der Waals surface area contributed by atoms with Crippen LogP contribution >= 0.6 is 11.8 Å². The lowest BCUT2D eigenvalue weighted by Gasteiger charge is -2.21. The van der Waals surface area contributed by atoms with E-state index in [0.717, 1.165) is 35.6 Å². The van der Waals surface area contributed by atoms with E-state index < -0.39 is 0 Å². The first-order valence-electron chi connectivity index (χ1n) is 6.53. The normalized spacial score (nSPS) is 14.7. The van der Waals surface area contributed by atoms with Crippen LogP contribution in [-0.2, 0) is 10.5 Å². The Bertz CT molecular complexity index is 424. The molecule has 0 aliphatic heterocycles. The van der Waals surface area contributed by atoms with Crippen LogP contribution in [0.3, 0.4) is 0 Å². The number of aliphatic hydroxyl groups excluding tert-OH is 1. The lowest BCUT2D eigenvalue weighted by molar-refractivity contribution is -0.129. The van der Waals surface area contributed by atoms with Crippen LogP contribution < -0.4 is 0 Å². The van der Waals surface area contributed by atoms with Gasteiger partial charge in [0.25, 0.3) is 0 Å². The molecular weight excluding hydrogens is 264 g/mol. The minimum absolute atomic E-state index is 0.0385. The molecule has 1 saturated carbocycles. The van der Waals surface area contributed by atoms with Gasteiger partial charge in [-0.2, -0.15) is 0 Å². The van der Waals surface area contributed by atoms with Gasteiger partial charge in [0, 0.05) is 23.9 Å². The van der Waals surface area contributed by atoms with E-state index in [4.69, 9.17) is 9.63 Å². The van der Waals surface area contributed by atoms with Crippen LogP contribution in [0.25, 0.3) is 0 Å². The third-order valence-corrected chi connectivity index (χ3v) is 4.25. The molecule has 106 valence electrons. The van der Waals surface area contributed by atoms with Gasteiger partial charge in [0.05, 0.1) is 18.1 Å². The fraction of sp³-hybridized carbons (Fsp3) is 0.692. The van der Waals surface area contributed by atoms with Crippen LogP contribution in [0.1, 0.15) is 29.9 Å². The Kier molecular flexibility index (Phi) is 4.87. The average molecular weight is 284 g/mol. The highest BCUT2D eigenvalue weighted by Crippen LogP contribution is 2.27. The summed E-state index contributed by atoms with van der Waals surface area (Å²) in [5.41, 5.74) is 1.98. The molecule has 0 aromatic carbocycles. The minimum atomic E-state index is 0.0385. The maximum atomic E-state index is 12.1. The quantitative estimate of drug-likeness (QED) is 0.822. The Labute approximate surface area is 117 Å². The maximum absolute atomic E-state index is 12.1. The zero-order valence-electron chi connectivity index (χ0n) is 11.4. The first kappa shape index (κ1) is 14.4. The van der Waals surface area contributed by atoms with Gasteiger partial charge in [-0.05, 0) is 26.7 Å². The Morgan fingerprint density at radius 2 is 2.26 bits per heavy atom. The van der Waals surface area contributed by atoms with Crippen molar-refractivity contribution in [1.29, 1.82) is 0 Å². The van der Waals surface area contributed by atoms with Crippen LogP contribution in [0.2, 0.25) is 0 Å². The van der Waals surface area contributed by atoms with Crippen LogP contribution in [0, 0.1) is 13.8 Å². The summed E-state index contributed by atoms with van der Waals surface area (Å²) in [5.74, 6) is 2.13. The van der Waals surface area contributed by atoms with Gasteiger partial charge in [-0.25, -0.2) is 0 Å². The molecule has 1 heterocycles. The van der Waals surface area contributed by atoms with Crippen molar-refractivity contribution in [2.75, 3.05) is 18.9 Å². The van der Waals surface area contributed by atoms with Gasteiger partial charge in [-0.1, -0.05) is 5.16 Å². The molecule has 1 aliphatic rings. The van der Waals surface area contributed by atoms with Crippen molar-refractivity contribution < 1.29 is 14.4 Å². The molecule has 1 aromatic heterocycles. The summed E-state index contributed by atoms with van der Waals surface area (Å²) in [6.45, 7) is 4.29. The predicted octanol–water partition coefficient (Wildman–Crippen LogP) is 1.51. The summed E-state index contributed by atoms with van der Waals surface area (Å²) < 4.78 is 5.10.